The van der Waals surface area contributed by atoms with Crippen molar-refractivity contribution in [3.05, 3.63) is 29.8 Å². The first-order valence-corrected chi connectivity index (χ1v) is 6.88. The van der Waals surface area contributed by atoms with Crippen LogP contribution in [0, 0.1) is 5.41 Å². The highest BCUT2D eigenvalue weighted by atomic mass is 32.2. The third kappa shape index (κ3) is 3.23. The van der Waals surface area contributed by atoms with Crippen LogP contribution in [-0.2, 0) is 0 Å². The van der Waals surface area contributed by atoms with E-state index in [0.717, 1.165) is 13.1 Å². The SMILES string of the molecule is CN(CCC(=N)N)CC1CSc2ccccc21. The third-order valence-corrected chi connectivity index (χ3v) is 4.35. The first-order chi connectivity index (χ1) is 8.16. The van der Waals surface area contributed by atoms with Gasteiger partial charge in [0.05, 0.1) is 5.84 Å². The van der Waals surface area contributed by atoms with E-state index < -0.39 is 0 Å². The molecular formula is C13H19N3S. The van der Waals surface area contributed by atoms with Gasteiger partial charge in [-0.25, -0.2) is 0 Å². The first kappa shape index (κ1) is 12.5. The number of nitrogens with one attached hydrogen (secondary N) is 1. The molecular weight excluding hydrogens is 230 g/mol. The third-order valence-electron chi connectivity index (χ3n) is 3.09. The van der Waals surface area contributed by atoms with Crippen LogP contribution in [0.5, 0.6) is 0 Å². The molecule has 0 amide bonds. The molecule has 1 heterocycles. The van der Waals surface area contributed by atoms with E-state index in [4.69, 9.17) is 11.1 Å². The van der Waals surface area contributed by atoms with E-state index >= 15 is 0 Å². The molecule has 92 valence electrons. The van der Waals surface area contributed by atoms with Gasteiger partial charge >= 0.3 is 0 Å². The molecule has 2 rings (SSSR count). The molecule has 4 heteroatoms. The Morgan fingerprint density at radius 3 is 3.06 bits per heavy atom. The highest BCUT2D eigenvalue weighted by Gasteiger charge is 2.23. The molecule has 0 spiro atoms. The summed E-state index contributed by atoms with van der Waals surface area (Å²) in [6.07, 6.45) is 0.665. The summed E-state index contributed by atoms with van der Waals surface area (Å²) < 4.78 is 0. The van der Waals surface area contributed by atoms with Gasteiger partial charge in [-0.15, -0.1) is 11.8 Å². The molecule has 0 radical (unpaired) electrons. The molecule has 3 N–H and O–H groups in total. The van der Waals surface area contributed by atoms with E-state index in [1.165, 1.54) is 16.2 Å². The summed E-state index contributed by atoms with van der Waals surface area (Å²) in [5, 5.41) is 7.24. The maximum Gasteiger partial charge on any atom is 0.0918 e. The summed E-state index contributed by atoms with van der Waals surface area (Å²) >= 11 is 1.95. The first-order valence-electron chi connectivity index (χ1n) is 5.90. The fourth-order valence-electron chi connectivity index (χ4n) is 2.16. The van der Waals surface area contributed by atoms with Crippen molar-refractivity contribution in [2.75, 3.05) is 25.9 Å². The van der Waals surface area contributed by atoms with Crippen LogP contribution in [0.3, 0.4) is 0 Å². The summed E-state index contributed by atoms with van der Waals surface area (Å²) in [5.74, 6) is 2.07. The minimum Gasteiger partial charge on any atom is -0.388 e. The van der Waals surface area contributed by atoms with Gasteiger partial charge in [0.1, 0.15) is 0 Å². The minimum atomic E-state index is 0.276. The van der Waals surface area contributed by atoms with Crippen molar-refractivity contribution in [3.8, 4) is 0 Å². The summed E-state index contributed by atoms with van der Waals surface area (Å²) in [6.45, 7) is 1.93. The predicted octanol–water partition coefficient (Wildman–Crippen LogP) is 2.13. The summed E-state index contributed by atoms with van der Waals surface area (Å²) in [7, 11) is 2.11. The highest BCUT2D eigenvalue weighted by molar-refractivity contribution is 7.99. The fraction of sp³-hybridized carbons (Fsp3) is 0.462. The second-order valence-electron chi connectivity index (χ2n) is 4.58. The molecule has 1 aromatic rings. The second kappa shape index (κ2) is 5.56. The number of fused-ring (bicyclic) bond motifs is 1. The minimum absolute atomic E-state index is 0.276. The zero-order valence-corrected chi connectivity index (χ0v) is 11.0. The lowest BCUT2D eigenvalue weighted by Gasteiger charge is -2.20. The van der Waals surface area contributed by atoms with Crippen molar-refractivity contribution in [2.45, 2.75) is 17.2 Å². The molecule has 1 atom stereocenters. The highest BCUT2D eigenvalue weighted by Crippen LogP contribution is 2.39. The Kier molecular flexibility index (Phi) is 4.07. The molecule has 0 aliphatic carbocycles. The number of thioether (sulfide) groups is 1. The maximum absolute atomic E-state index is 7.24. The molecule has 1 aliphatic heterocycles. The van der Waals surface area contributed by atoms with Crippen molar-refractivity contribution < 1.29 is 0 Å². The normalized spacial score (nSPS) is 18.4. The van der Waals surface area contributed by atoms with Crippen LogP contribution in [0.1, 0.15) is 17.9 Å². The summed E-state index contributed by atoms with van der Waals surface area (Å²) in [4.78, 5) is 3.70. The number of benzene rings is 1. The monoisotopic (exact) mass is 249 g/mol. The average molecular weight is 249 g/mol. The van der Waals surface area contributed by atoms with Crippen LogP contribution in [0.2, 0.25) is 0 Å². The Hall–Kier alpha value is -1.00. The van der Waals surface area contributed by atoms with E-state index in [-0.39, 0.29) is 5.84 Å². The Morgan fingerprint density at radius 2 is 2.29 bits per heavy atom. The van der Waals surface area contributed by atoms with E-state index in [0.29, 0.717) is 12.3 Å². The molecule has 0 saturated heterocycles. The van der Waals surface area contributed by atoms with Gasteiger partial charge in [0.25, 0.3) is 0 Å². The van der Waals surface area contributed by atoms with E-state index in [2.05, 4.69) is 36.2 Å². The number of nitrogens with two attached hydrogens (primary N) is 1. The zero-order chi connectivity index (χ0) is 12.3. The van der Waals surface area contributed by atoms with E-state index in [1.54, 1.807) is 0 Å². The standard InChI is InChI=1S/C13H19N3S/c1-16(7-6-13(14)15)8-10-9-17-12-5-3-2-4-11(10)12/h2-5,10H,6-9H2,1H3,(H3,14,15). The number of amidine groups is 1. The van der Waals surface area contributed by atoms with Gasteiger partial charge in [0, 0.05) is 36.1 Å². The molecule has 0 aromatic heterocycles. The average Bonchev–Trinajstić information content (AvgIpc) is 2.70. The van der Waals surface area contributed by atoms with Gasteiger partial charge in [-0.3, -0.25) is 5.41 Å². The van der Waals surface area contributed by atoms with Crippen LogP contribution in [0.15, 0.2) is 29.2 Å². The van der Waals surface area contributed by atoms with Crippen LogP contribution in [0.4, 0.5) is 0 Å². The van der Waals surface area contributed by atoms with Crippen LogP contribution in [0.25, 0.3) is 0 Å². The lowest BCUT2D eigenvalue weighted by molar-refractivity contribution is 0.327. The lowest BCUT2D eigenvalue weighted by Crippen LogP contribution is -2.28. The predicted molar refractivity (Wildman–Crippen MR) is 73.9 cm³/mol. The molecule has 17 heavy (non-hydrogen) atoms. The van der Waals surface area contributed by atoms with Gasteiger partial charge in [-0.05, 0) is 18.7 Å². The smallest absolute Gasteiger partial charge is 0.0918 e. The Morgan fingerprint density at radius 1 is 1.53 bits per heavy atom. The van der Waals surface area contributed by atoms with Crippen LogP contribution >= 0.6 is 11.8 Å². The zero-order valence-electron chi connectivity index (χ0n) is 10.1. The van der Waals surface area contributed by atoms with Crippen molar-refractivity contribution in [3.63, 3.8) is 0 Å². The van der Waals surface area contributed by atoms with Gasteiger partial charge in [-0.2, -0.15) is 0 Å². The number of rotatable bonds is 5. The van der Waals surface area contributed by atoms with Crippen LogP contribution < -0.4 is 5.73 Å². The largest absolute Gasteiger partial charge is 0.388 e. The number of nitrogens with zero attached hydrogens (tertiary/aromatic N) is 1. The molecule has 0 saturated carbocycles. The quantitative estimate of drug-likeness (QED) is 0.621. The summed E-state index contributed by atoms with van der Waals surface area (Å²) in [6, 6.07) is 8.66. The van der Waals surface area contributed by atoms with Gasteiger partial charge in [0.2, 0.25) is 0 Å². The molecule has 3 nitrogen and oxygen atoms in total. The van der Waals surface area contributed by atoms with Crippen molar-refractivity contribution in [2.24, 2.45) is 5.73 Å². The van der Waals surface area contributed by atoms with Crippen molar-refractivity contribution >= 4 is 17.6 Å². The Balaban J connectivity index is 1.90. The van der Waals surface area contributed by atoms with E-state index in [9.17, 15) is 0 Å². The van der Waals surface area contributed by atoms with Crippen molar-refractivity contribution in [1.82, 2.24) is 4.90 Å². The lowest BCUT2D eigenvalue weighted by atomic mass is 10.0. The summed E-state index contributed by atoms with van der Waals surface area (Å²) in [5.41, 5.74) is 6.86. The molecule has 0 fully saturated rings. The number of likely N-dealkylation sites (N-methyl/N-ethyl adjacent to an activating group) is 1. The Bertz CT molecular complexity index is 405. The van der Waals surface area contributed by atoms with Gasteiger partial charge in [0.15, 0.2) is 0 Å². The second-order valence-corrected chi connectivity index (χ2v) is 5.65. The topological polar surface area (TPSA) is 53.1 Å². The fourth-order valence-corrected chi connectivity index (χ4v) is 3.40. The van der Waals surface area contributed by atoms with Gasteiger partial charge in [-0.1, -0.05) is 18.2 Å². The molecule has 1 aliphatic rings. The Labute approximate surface area is 107 Å². The molecule has 1 aromatic carbocycles. The van der Waals surface area contributed by atoms with Crippen LogP contribution in [-0.4, -0.2) is 36.6 Å². The number of hydrogen-bond donors (Lipinski definition) is 2. The molecule has 1 unspecified atom stereocenters. The van der Waals surface area contributed by atoms with Gasteiger partial charge < -0.3 is 10.6 Å². The molecule has 0 bridgehead atoms. The van der Waals surface area contributed by atoms with Crippen molar-refractivity contribution in [1.29, 1.82) is 5.41 Å². The van der Waals surface area contributed by atoms with E-state index in [1.807, 2.05) is 11.8 Å². The number of hydrogen-bond acceptors (Lipinski definition) is 3. The maximum atomic E-state index is 7.24.